The van der Waals surface area contributed by atoms with Gasteiger partial charge in [0.1, 0.15) is 0 Å². The Hall–Kier alpha value is -1.32. The Morgan fingerprint density at radius 2 is 1.15 bits per heavy atom. The van der Waals surface area contributed by atoms with Crippen LogP contribution in [0.2, 0.25) is 0 Å². The van der Waals surface area contributed by atoms with Crippen LogP contribution < -0.4 is 0 Å². The molecule has 4 nitrogen and oxygen atoms in total. The second-order valence-corrected chi connectivity index (χ2v) is 7.10. The number of hydrogen-bond acceptors (Lipinski definition) is 4. The lowest BCUT2D eigenvalue weighted by atomic mass is 9.65. The summed E-state index contributed by atoms with van der Waals surface area (Å²) in [6.07, 6.45) is 4.74. The van der Waals surface area contributed by atoms with Crippen molar-refractivity contribution in [2.24, 2.45) is 59.2 Å². The third-order valence-electron chi connectivity index (χ3n) is 7.16. The number of allylic oxidation sites excluding steroid dienone is 2. The van der Waals surface area contributed by atoms with E-state index in [4.69, 9.17) is 9.47 Å². The normalized spacial score (nSPS) is 58.7. The molecule has 2 unspecified atom stereocenters. The van der Waals surface area contributed by atoms with Crippen molar-refractivity contribution in [3.8, 4) is 0 Å². The average molecular weight is 274 g/mol. The quantitative estimate of drug-likeness (QED) is 0.559. The topological polar surface area (TPSA) is 52.6 Å². The summed E-state index contributed by atoms with van der Waals surface area (Å²) in [5.74, 6) is 3.61. The van der Waals surface area contributed by atoms with E-state index < -0.39 is 0 Å². The van der Waals surface area contributed by atoms with Gasteiger partial charge in [0.2, 0.25) is 0 Å². The van der Waals surface area contributed by atoms with Gasteiger partial charge in [0, 0.05) is 0 Å². The molecule has 8 bridgehead atoms. The number of rotatable bonds is 2. The molecule has 0 heterocycles. The van der Waals surface area contributed by atoms with E-state index in [1.165, 1.54) is 14.2 Å². The Bertz CT molecular complexity index is 507. The highest BCUT2D eigenvalue weighted by Crippen LogP contribution is 2.83. The van der Waals surface area contributed by atoms with Crippen molar-refractivity contribution in [3.05, 3.63) is 12.2 Å². The minimum absolute atomic E-state index is 0.205. The van der Waals surface area contributed by atoms with Crippen LogP contribution in [0.1, 0.15) is 0 Å². The van der Waals surface area contributed by atoms with E-state index in [0.29, 0.717) is 47.3 Å². The zero-order valence-corrected chi connectivity index (χ0v) is 11.6. The summed E-state index contributed by atoms with van der Waals surface area (Å²) in [6, 6.07) is 0. The molecule has 6 aliphatic carbocycles. The summed E-state index contributed by atoms with van der Waals surface area (Å²) in [5, 5.41) is 0. The van der Waals surface area contributed by atoms with E-state index in [0.717, 1.165) is 0 Å². The van der Waals surface area contributed by atoms with Gasteiger partial charge in [0.05, 0.1) is 26.1 Å². The summed E-state index contributed by atoms with van der Waals surface area (Å²) in [4.78, 5) is 24.5. The highest BCUT2D eigenvalue weighted by molar-refractivity contribution is 5.84. The van der Waals surface area contributed by atoms with Crippen molar-refractivity contribution >= 4 is 11.9 Å². The number of hydrogen-bond donors (Lipinski definition) is 0. The molecule has 0 aromatic heterocycles. The molecule has 0 spiro atoms. The van der Waals surface area contributed by atoms with Crippen molar-refractivity contribution in [3.63, 3.8) is 0 Å². The van der Waals surface area contributed by atoms with Crippen LogP contribution in [0.3, 0.4) is 0 Å². The molecule has 10 atom stereocenters. The Balaban J connectivity index is 1.61. The van der Waals surface area contributed by atoms with Crippen LogP contribution in [-0.4, -0.2) is 26.2 Å². The largest absolute Gasteiger partial charge is 0.469 e. The van der Waals surface area contributed by atoms with Gasteiger partial charge < -0.3 is 9.47 Å². The van der Waals surface area contributed by atoms with Crippen LogP contribution in [0.25, 0.3) is 0 Å². The third-order valence-corrected chi connectivity index (χ3v) is 7.16. The minimum Gasteiger partial charge on any atom is -0.469 e. The van der Waals surface area contributed by atoms with Gasteiger partial charge in [0.15, 0.2) is 0 Å². The molecule has 0 radical (unpaired) electrons. The molecule has 6 rings (SSSR count). The molecule has 0 aromatic rings. The van der Waals surface area contributed by atoms with E-state index in [-0.39, 0.29) is 23.8 Å². The SMILES string of the molecule is COC(=O)[C@@H]1[C@@H](C(=O)OC)[C@@H]2C3C4[C@H]5C=C[C@H]4[C@@H]2[C@H]5[C@H]31. The summed E-state index contributed by atoms with van der Waals surface area (Å²) in [5.41, 5.74) is 0. The van der Waals surface area contributed by atoms with Crippen molar-refractivity contribution in [1.29, 1.82) is 0 Å². The number of carbonyl (C=O) groups is 2. The molecule has 0 aliphatic heterocycles. The van der Waals surface area contributed by atoms with Crippen molar-refractivity contribution < 1.29 is 19.1 Å². The van der Waals surface area contributed by atoms with Crippen molar-refractivity contribution in [2.45, 2.75) is 0 Å². The third kappa shape index (κ3) is 0.895. The molecule has 0 N–H and O–H groups in total. The first-order valence-electron chi connectivity index (χ1n) is 7.54. The van der Waals surface area contributed by atoms with Gasteiger partial charge in [-0.2, -0.15) is 0 Å². The maximum atomic E-state index is 12.2. The van der Waals surface area contributed by atoms with Crippen LogP contribution in [0.15, 0.2) is 12.2 Å². The predicted molar refractivity (Wildman–Crippen MR) is 68.1 cm³/mol. The highest BCUT2D eigenvalue weighted by atomic mass is 16.5. The van der Waals surface area contributed by atoms with Gasteiger partial charge in [-0.25, -0.2) is 0 Å². The number of methoxy groups -OCH3 is 2. The molecule has 106 valence electrons. The second kappa shape index (κ2) is 3.29. The van der Waals surface area contributed by atoms with Crippen LogP contribution >= 0.6 is 0 Å². The van der Waals surface area contributed by atoms with Gasteiger partial charge >= 0.3 is 11.9 Å². The fourth-order valence-electron chi connectivity index (χ4n) is 7.19. The first-order valence-corrected chi connectivity index (χ1v) is 7.54. The summed E-state index contributed by atoms with van der Waals surface area (Å²) < 4.78 is 10.0. The smallest absolute Gasteiger partial charge is 0.309 e. The van der Waals surface area contributed by atoms with Crippen LogP contribution in [0.4, 0.5) is 0 Å². The zero-order valence-electron chi connectivity index (χ0n) is 11.6. The first-order chi connectivity index (χ1) is 9.70. The average Bonchev–Trinajstić information content (AvgIpc) is 3.23. The predicted octanol–water partition coefficient (Wildman–Crippen LogP) is 1.12. The monoisotopic (exact) mass is 274 g/mol. The van der Waals surface area contributed by atoms with E-state index in [9.17, 15) is 9.59 Å². The van der Waals surface area contributed by atoms with E-state index >= 15 is 0 Å². The molecular weight excluding hydrogens is 256 g/mol. The standard InChI is InChI=1S/C16H18O4/c1-19-15(17)13-11-8-5-3-4-6-7(5)10(11)12(9(6)8)14(13)16(18)20-2/h3-14H,1-2H3/t5-,6-,7?,8-,9+,10?,11+,12-,13+,14+/m1/s1. The Labute approximate surface area is 117 Å². The molecule has 5 fully saturated rings. The summed E-state index contributed by atoms with van der Waals surface area (Å²) in [7, 11) is 2.86. The minimum atomic E-state index is -0.261. The van der Waals surface area contributed by atoms with E-state index in [2.05, 4.69) is 12.2 Å². The Morgan fingerprint density at radius 1 is 0.700 bits per heavy atom. The molecular formula is C16H18O4. The second-order valence-electron chi connectivity index (χ2n) is 7.10. The van der Waals surface area contributed by atoms with Crippen LogP contribution in [0, 0.1) is 59.2 Å². The van der Waals surface area contributed by atoms with Crippen LogP contribution in [0.5, 0.6) is 0 Å². The molecule has 6 aliphatic rings. The van der Waals surface area contributed by atoms with Gasteiger partial charge in [-0.3, -0.25) is 9.59 Å². The van der Waals surface area contributed by atoms with Gasteiger partial charge in [-0.15, -0.1) is 0 Å². The van der Waals surface area contributed by atoms with Gasteiger partial charge in [-0.1, -0.05) is 12.2 Å². The molecule has 0 amide bonds. The van der Waals surface area contributed by atoms with Crippen LogP contribution in [-0.2, 0) is 19.1 Å². The number of esters is 2. The fourth-order valence-corrected chi connectivity index (χ4v) is 7.19. The molecule has 0 saturated heterocycles. The lowest BCUT2D eigenvalue weighted by molar-refractivity contribution is -0.163. The molecule has 20 heavy (non-hydrogen) atoms. The lowest BCUT2D eigenvalue weighted by Crippen LogP contribution is -2.44. The summed E-state index contributed by atoms with van der Waals surface area (Å²) >= 11 is 0. The lowest BCUT2D eigenvalue weighted by Gasteiger charge is -2.39. The fraction of sp³-hybridized carbons (Fsp3) is 0.750. The molecule has 4 heteroatoms. The molecule has 0 aromatic carbocycles. The number of carbonyl (C=O) groups excluding carboxylic acids is 2. The van der Waals surface area contributed by atoms with Gasteiger partial charge in [-0.05, 0) is 47.3 Å². The van der Waals surface area contributed by atoms with Crippen molar-refractivity contribution in [2.75, 3.05) is 14.2 Å². The number of ether oxygens (including phenoxy) is 2. The summed E-state index contributed by atoms with van der Waals surface area (Å²) in [6.45, 7) is 0. The zero-order chi connectivity index (χ0) is 13.8. The first kappa shape index (κ1) is 11.4. The maximum Gasteiger partial charge on any atom is 0.309 e. The highest BCUT2D eigenvalue weighted by Gasteiger charge is 2.82. The molecule has 5 saturated carbocycles. The Morgan fingerprint density at radius 3 is 1.55 bits per heavy atom. The van der Waals surface area contributed by atoms with E-state index in [1.807, 2.05) is 0 Å². The van der Waals surface area contributed by atoms with Gasteiger partial charge in [0.25, 0.3) is 0 Å². The van der Waals surface area contributed by atoms with Crippen molar-refractivity contribution in [1.82, 2.24) is 0 Å². The Kier molecular flexibility index (Phi) is 1.87. The van der Waals surface area contributed by atoms with E-state index in [1.54, 1.807) is 0 Å². The maximum absolute atomic E-state index is 12.2.